The Hall–Kier alpha value is -4.07. The van der Waals surface area contributed by atoms with Gasteiger partial charge in [0.2, 0.25) is 0 Å². The third-order valence-corrected chi connectivity index (χ3v) is 10.6. The summed E-state index contributed by atoms with van der Waals surface area (Å²) < 4.78 is 69.1. The number of hydrogen-bond donors (Lipinski definition) is 5. The Kier molecular flexibility index (Phi) is 6.24. The maximum Gasteiger partial charge on any atom is 0.296 e. The molecule has 5 aromatic carbocycles. The molecule has 0 aliphatic carbocycles. The smallest absolute Gasteiger partial charge is 0.296 e. The first-order chi connectivity index (χ1) is 19.0. The first-order valence-electron chi connectivity index (χ1n) is 11.9. The summed E-state index contributed by atoms with van der Waals surface area (Å²) in [5, 5.41) is 7.31. The molecule has 202 valence electrons. The van der Waals surface area contributed by atoms with E-state index in [-0.39, 0.29) is 16.0 Å². The van der Waals surface area contributed by atoms with Crippen LogP contribution in [0.4, 0.5) is 28.4 Å². The zero-order valence-corrected chi connectivity index (χ0v) is 23.0. The van der Waals surface area contributed by atoms with Crippen molar-refractivity contribution in [2.45, 2.75) is 24.5 Å². The molecular weight excluding hydrogens is 571 g/mol. The molecule has 0 aromatic heterocycles. The fraction of sp³-hybridized carbons (Fsp3) is 0. The summed E-state index contributed by atoms with van der Waals surface area (Å²) >= 11 is 0. The molecule has 0 amide bonds. The molecule has 0 radical (unpaired) electrons. The highest BCUT2D eigenvalue weighted by molar-refractivity contribution is 7.97. The van der Waals surface area contributed by atoms with Gasteiger partial charge in [-0.05, 0) is 36.4 Å². The molecule has 1 aliphatic heterocycles. The van der Waals surface area contributed by atoms with Gasteiger partial charge in [0.15, 0.2) is 14.7 Å². The van der Waals surface area contributed by atoms with Gasteiger partial charge in [0.1, 0.15) is 26.4 Å². The van der Waals surface area contributed by atoms with Crippen molar-refractivity contribution in [3.8, 4) is 0 Å². The maximum atomic E-state index is 12.5. The molecule has 6 rings (SSSR count). The number of nitrogen functional groups attached to an aromatic ring is 1. The molecule has 12 heteroatoms. The summed E-state index contributed by atoms with van der Waals surface area (Å²) in [6, 6.07) is 28.0. The minimum Gasteiger partial charge on any atom is -0.397 e. The van der Waals surface area contributed by atoms with Crippen molar-refractivity contribution in [1.29, 1.82) is 0 Å². The predicted molar refractivity (Wildman–Crippen MR) is 156 cm³/mol. The normalized spacial score (nSPS) is 14.7. The lowest BCUT2D eigenvalue weighted by Crippen LogP contribution is -2.18. The van der Waals surface area contributed by atoms with Crippen LogP contribution >= 0.6 is 0 Å². The van der Waals surface area contributed by atoms with Crippen LogP contribution in [0.1, 0.15) is 0 Å². The number of hydrogen-bond acceptors (Lipinski definition) is 7. The van der Waals surface area contributed by atoms with Crippen molar-refractivity contribution >= 4 is 70.3 Å². The number of nitrogens with two attached hydrogens (primary N) is 1. The molecule has 9 nitrogen and oxygen atoms in total. The Morgan fingerprint density at radius 2 is 1.38 bits per heavy atom. The van der Waals surface area contributed by atoms with E-state index < -0.39 is 36.0 Å². The van der Waals surface area contributed by atoms with E-state index in [1.807, 2.05) is 66.7 Å². The second-order valence-electron chi connectivity index (χ2n) is 9.05. The van der Waals surface area contributed by atoms with Crippen molar-refractivity contribution in [2.75, 3.05) is 16.4 Å². The first kappa shape index (κ1) is 26.2. The summed E-state index contributed by atoms with van der Waals surface area (Å²) in [6.07, 6.45) is 0. The van der Waals surface area contributed by atoms with Crippen LogP contribution < -0.4 is 16.4 Å². The van der Waals surface area contributed by atoms with Gasteiger partial charge in [0.05, 0.1) is 17.1 Å². The summed E-state index contributed by atoms with van der Waals surface area (Å²) in [5.74, 6) is 0. The molecule has 6 N–H and O–H groups in total. The van der Waals surface area contributed by atoms with Crippen LogP contribution in [0.2, 0.25) is 0 Å². The van der Waals surface area contributed by atoms with E-state index in [1.165, 1.54) is 24.3 Å². The van der Waals surface area contributed by atoms with Gasteiger partial charge < -0.3 is 16.4 Å². The topological polar surface area (TPSA) is 159 Å². The molecule has 0 fully saturated rings. The third kappa shape index (κ3) is 4.55. The number of nitrogens with one attached hydrogen (secondary N) is 2. The van der Waals surface area contributed by atoms with Crippen molar-refractivity contribution in [3.63, 3.8) is 0 Å². The Labute approximate surface area is 233 Å². The minimum atomic E-state index is -4.62. The first-order valence-corrected chi connectivity index (χ1v) is 16.0. The van der Waals surface area contributed by atoms with Gasteiger partial charge in [-0.25, -0.2) is 0 Å². The number of benzene rings is 5. The van der Waals surface area contributed by atoms with E-state index in [1.54, 1.807) is 6.07 Å². The van der Waals surface area contributed by atoms with Gasteiger partial charge in [-0.15, -0.1) is 0 Å². The number of para-hydroxylation sites is 1. The lowest BCUT2D eigenvalue weighted by Gasteiger charge is -2.25. The average molecular weight is 593 g/mol. The Balaban J connectivity index is 1.71. The fourth-order valence-corrected chi connectivity index (χ4v) is 8.54. The summed E-state index contributed by atoms with van der Waals surface area (Å²) in [4.78, 5) is 1.66. The predicted octanol–water partition coefficient (Wildman–Crippen LogP) is 5.81. The summed E-state index contributed by atoms with van der Waals surface area (Å²) in [7, 11) is -10.1. The molecule has 0 saturated heterocycles. The molecule has 40 heavy (non-hydrogen) atoms. The summed E-state index contributed by atoms with van der Waals surface area (Å²) in [5.41, 5.74) is 8.10. The lowest BCUT2D eigenvalue weighted by molar-refractivity contribution is 0.481. The van der Waals surface area contributed by atoms with Crippen molar-refractivity contribution in [1.82, 2.24) is 0 Å². The van der Waals surface area contributed by atoms with Gasteiger partial charge >= 0.3 is 0 Å². The van der Waals surface area contributed by atoms with Crippen LogP contribution in [0.25, 0.3) is 10.8 Å². The fourth-order valence-electron chi connectivity index (χ4n) is 4.84. The van der Waals surface area contributed by atoms with Gasteiger partial charge in [-0.1, -0.05) is 48.5 Å². The quantitative estimate of drug-likeness (QED) is 0.0946. The highest BCUT2D eigenvalue weighted by Gasteiger charge is 2.41. The monoisotopic (exact) mass is 592 g/mol. The molecule has 1 atom stereocenters. The highest BCUT2D eigenvalue weighted by Crippen LogP contribution is 2.51. The zero-order valence-electron chi connectivity index (χ0n) is 20.6. The molecule has 1 aliphatic rings. The minimum absolute atomic E-state index is 0.1000. The second kappa shape index (κ2) is 9.54. The SMILES string of the molecule is Nc1cc2c(cc1S(=O)(=O)O)Nc1c(cc(Nc3ccccc3)c3c(S(=O)(=O)O)cccc13)[S+]2c1ccccc1. The van der Waals surface area contributed by atoms with Crippen LogP contribution in [-0.4, -0.2) is 25.9 Å². The van der Waals surface area contributed by atoms with E-state index >= 15 is 0 Å². The van der Waals surface area contributed by atoms with E-state index in [4.69, 9.17) is 5.73 Å². The number of fused-ring (bicyclic) bond motifs is 4. The molecular formula is C28H22N3O6S3+. The van der Waals surface area contributed by atoms with Crippen LogP contribution in [0, 0.1) is 0 Å². The van der Waals surface area contributed by atoms with E-state index in [0.717, 1.165) is 9.79 Å². The van der Waals surface area contributed by atoms with Crippen molar-refractivity contribution < 1.29 is 25.9 Å². The van der Waals surface area contributed by atoms with Crippen LogP contribution in [0.3, 0.4) is 0 Å². The van der Waals surface area contributed by atoms with Gasteiger partial charge in [-0.2, -0.15) is 16.8 Å². The lowest BCUT2D eigenvalue weighted by atomic mass is 10.1. The number of anilines is 5. The molecule has 0 spiro atoms. The molecule has 1 heterocycles. The molecule has 0 saturated carbocycles. The van der Waals surface area contributed by atoms with E-state index in [2.05, 4.69) is 10.6 Å². The maximum absolute atomic E-state index is 12.5. The Morgan fingerprint density at radius 3 is 2.02 bits per heavy atom. The van der Waals surface area contributed by atoms with E-state index in [9.17, 15) is 25.9 Å². The molecule has 1 unspecified atom stereocenters. The largest absolute Gasteiger partial charge is 0.397 e. The zero-order chi connectivity index (χ0) is 28.2. The van der Waals surface area contributed by atoms with Gasteiger partial charge in [0, 0.05) is 28.6 Å². The summed E-state index contributed by atoms with van der Waals surface area (Å²) in [6.45, 7) is 0. The van der Waals surface area contributed by atoms with E-state index in [0.29, 0.717) is 33.0 Å². The molecule has 5 aromatic rings. The Morgan fingerprint density at radius 1 is 0.725 bits per heavy atom. The number of rotatable bonds is 5. The average Bonchev–Trinajstić information content (AvgIpc) is 2.91. The standard InChI is InChI=1S/C28H21N3O6S3/c29-20-14-23-21(16-26(20)40(35,36)37)31-28-19-12-7-13-25(39(32,33)34)27(19)22(30-17-8-3-1-4-9-17)15-24(28)38(23)18-10-5-2-6-11-18/h1-16,30-31H,29H2,(H-,32,33,34,35,36,37)/p+1. The highest BCUT2D eigenvalue weighted by atomic mass is 32.2. The van der Waals surface area contributed by atoms with Crippen molar-refractivity contribution in [2.24, 2.45) is 0 Å². The van der Waals surface area contributed by atoms with Crippen LogP contribution in [-0.2, 0) is 31.1 Å². The third-order valence-electron chi connectivity index (χ3n) is 6.49. The second-order valence-corrected chi connectivity index (χ2v) is 13.8. The Bertz CT molecular complexity index is 2020. The van der Waals surface area contributed by atoms with Gasteiger partial charge in [-0.3, -0.25) is 9.11 Å². The van der Waals surface area contributed by atoms with Crippen LogP contribution in [0.15, 0.2) is 122 Å². The van der Waals surface area contributed by atoms with Crippen LogP contribution in [0.5, 0.6) is 0 Å². The van der Waals surface area contributed by atoms with Gasteiger partial charge in [0.25, 0.3) is 20.2 Å². The molecule has 0 bridgehead atoms. The van der Waals surface area contributed by atoms with Crippen molar-refractivity contribution in [3.05, 3.63) is 97.1 Å².